The lowest BCUT2D eigenvalue weighted by Crippen LogP contribution is -2.68. The van der Waals surface area contributed by atoms with Crippen molar-refractivity contribution in [3.8, 4) is 5.75 Å². The van der Waals surface area contributed by atoms with E-state index in [1.54, 1.807) is 7.11 Å². The highest BCUT2D eigenvalue weighted by Crippen LogP contribution is 2.59. The van der Waals surface area contributed by atoms with Crippen LogP contribution in [0.5, 0.6) is 5.75 Å². The molecule has 5 nitrogen and oxygen atoms in total. The SMILES string of the molecule is COc1cccc(NC2CCN(C(=O)C3(N)CC4(CCC4)C3)CC2)c1. The maximum Gasteiger partial charge on any atom is 0.242 e. The molecule has 0 radical (unpaired) electrons. The molecule has 0 bridgehead atoms. The molecule has 0 aromatic heterocycles. The van der Waals surface area contributed by atoms with Crippen LogP contribution in [0.3, 0.4) is 0 Å². The maximum absolute atomic E-state index is 12.8. The molecule has 0 atom stereocenters. The number of hydrogen-bond donors (Lipinski definition) is 2. The second-order valence-electron chi connectivity index (χ2n) is 8.31. The molecule has 3 N–H and O–H groups in total. The molecule has 2 aliphatic carbocycles. The van der Waals surface area contributed by atoms with Gasteiger partial charge in [-0.15, -0.1) is 0 Å². The van der Waals surface area contributed by atoms with Gasteiger partial charge in [0.2, 0.25) is 5.91 Å². The van der Waals surface area contributed by atoms with Gasteiger partial charge in [-0.3, -0.25) is 4.79 Å². The number of ether oxygens (including phenoxy) is 1. The Morgan fingerprint density at radius 2 is 2.00 bits per heavy atom. The van der Waals surface area contributed by atoms with Crippen molar-refractivity contribution in [3.05, 3.63) is 24.3 Å². The quantitative estimate of drug-likeness (QED) is 0.882. The second kappa shape index (κ2) is 6.20. The van der Waals surface area contributed by atoms with Crippen molar-refractivity contribution < 1.29 is 9.53 Å². The fraction of sp³-hybridized carbons (Fsp3) is 0.650. The number of anilines is 1. The van der Waals surface area contributed by atoms with Crippen molar-refractivity contribution in [1.82, 2.24) is 4.90 Å². The van der Waals surface area contributed by atoms with Crippen molar-refractivity contribution in [3.63, 3.8) is 0 Å². The van der Waals surface area contributed by atoms with Crippen LogP contribution in [0.15, 0.2) is 24.3 Å². The number of likely N-dealkylation sites (tertiary alicyclic amines) is 1. The Balaban J connectivity index is 1.28. The third-order valence-corrected chi connectivity index (χ3v) is 6.44. The number of amides is 1. The van der Waals surface area contributed by atoms with Gasteiger partial charge in [0, 0.05) is 30.9 Å². The van der Waals surface area contributed by atoms with Crippen LogP contribution in [0.2, 0.25) is 0 Å². The molecule has 3 fully saturated rings. The van der Waals surface area contributed by atoms with E-state index in [1.807, 2.05) is 23.1 Å². The van der Waals surface area contributed by atoms with Gasteiger partial charge in [-0.2, -0.15) is 0 Å². The molecule has 1 amide bonds. The minimum Gasteiger partial charge on any atom is -0.497 e. The van der Waals surface area contributed by atoms with Crippen molar-refractivity contribution in [2.45, 2.75) is 56.5 Å². The van der Waals surface area contributed by atoms with Crippen molar-refractivity contribution >= 4 is 11.6 Å². The van der Waals surface area contributed by atoms with Gasteiger partial charge < -0.3 is 20.7 Å². The van der Waals surface area contributed by atoms with E-state index in [2.05, 4.69) is 11.4 Å². The Morgan fingerprint density at radius 3 is 2.60 bits per heavy atom. The Morgan fingerprint density at radius 1 is 1.28 bits per heavy atom. The Kier molecular flexibility index (Phi) is 4.14. The number of piperidine rings is 1. The fourth-order valence-corrected chi connectivity index (χ4v) is 4.96. The molecule has 2 saturated carbocycles. The molecule has 1 aromatic rings. The van der Waals surface area contributed by atoms with Gasteiger partial charge >= 0.3 is 0 Å². The van der Waals surface area contributed by atoms with Crippen LogP contribution in [0.1, 0.15) is 44.9 Å². The van der Waals surface area contributed by atoms with Gasteiger partial charge in [0.1, 0.15) is 5.75 Å². The first kappa shape index (κ1) is 16.7. The first-order chi connectivity index (χ1) is 12.0. The molecule has 1 aliphatic heterocycles. The van der Waals surface area contributed by atoms with Crippen LogP contribution in [0, 0.1) is 5.41 Å². The summed E-state index contributed by atoms with van der Waals surface area (Å²) in [6.45, 7) is 1.60. The molecule has 3 aliphatic rings. The molecular formula is C20H29N3O2. The lowest BCUT2D eigenvalue weighted by Gasteiger charge is -2.59. The van der Waals surface area contributed by atoms with Crippen LogP contribution < -0.4 is 15.8 Å². The largest absolute Gasteiger partial charge is 0.497 e. The topological polar surface area (TPSA) is 67.6 Å². The first-order valence-electron chi connectivity index (χ1n) is 9.51. The number of carbonyl (C=O) groups excluding carboxylic acids is 1. The number of nitrogens with zero attached hydrogens (tertiary/aromatic N) is 1. The van der Waals surface area contributed by atoms with Crippen molar-refractivity contribution in [1.29, 1.82) is 0 Å². The predicted octanol–water partition coefficient (Wildman–Crippen LogP) is 2.76. The number of nitrogens with two attached hydrogens (primary N) is 1. The number of methoxy groups -OCH3 is 1. The fourth-order valence-electron chi connectivity index (χ4n) is 4.96. The van der Waals surface area contributed by atoms with Crippen LogP contribution in [-0.4, -0.2) is 42.6 Å². The third kappa shape index (κ3) is 3.10. The zero-order chi connectivity index (χ0) is 17.5. The summed E-state index contributed by atoms with van der Waals surface area (Å²) < 4.78 is 5.27. The van der Waals surface area contributed by atoms with Crippen molar-refractivity contribution in [2.24, 2.45) is 11.1 Å². The molecule has 25 heavy (non-hydrogen) atoms. The molecule has 1 saturated heterocycles. The van der Waals surface area contributed by atoms with Gasteiger partial charge in [-0.25, -0.2) is 0 Å². The molecule has 1 spiro atoms. The summed E-state index contributed by atoms with van der Waals surface area (Å²) in [5.74, 6) is 1.04. The lowest BCUT2D eigenvalue weighted by molar-refractivity contribution is -0.152. The zero-order valence-corrected chi connectivity index (χ0v) is 15.1. The Labute approximate surface area is 149 Å². The highest BCUT2D eigenvalue weighted by molar-refractivity contribution is 5.87. The number of rotatable bonds is 4. The number of carbonyl (C=O) groups is 1. The Hall–Kier alpha value is -1.75. The van der Waals surface area contributed by atoms with Gasteiger partial charge in [0.15, 0.2) is 0 Å². The number of benzene rings is 1. The monoisotopic (exact) mass is 343 g/mol. The van der Waals surface area contributed by atoms with E-state index in [0.717, 1.165) is 50.2 Å². The van der Waals surface area contributed by atoms with E-state index in [0.29, 0.717) is 11.5 Å². The van der Waals surface area contributed by atoms with Gasteiger partial charge in [0.05, 0.1) is 12.6 Å². The number of nitrogens with one attached hydrogen (secondary N) is 1. The molecule has 0 unspecified atom stereocenters. The van der Waals surface area contributed by atoms with E-state index in [1.165, 1.54) is 19.3 Å². The molecule has 4 rings (SSSR count). The second-order valence-corrected chi connectivity index (χ2v) is 8.31. The summed E-state index contributed by atoms with van der Waals surface area (Å²) in [5.41, 5.74) is 7.36. The molecule has 136 valence electrons. The van der Waals surface area contributed by atoms with Gasteiger partial charge in [0.25, 0.3) is 0 Å². The standard InChI is InChI=1S/C20H29N3O2/c1-25-17-5-2-4-16(12-17)22-15-6-10-23(11-7-15)18(24)20(21)13-19(14-20)8-3-9-19/h2,4-5,12,15,22H,3,6-11,13-14,21H2,1H3. The predicted molar refractivity (Wildman–Crippen MR) is 98.7 cm³/mol. The van der Waals surface area contributed by atoms with Crippen LogP contribution >= 0.6 is 0 Å². The molecular weight excluding hydrogens is 314 g/mol. The van der Waals surface area contributed by atoms with Crippen LogP contribution in [-0.2, 0) is 4.79 Å². The minimum absolute atomic E-state index is 0.185. The average Bonchev–Trinajstić information content (AvgIpc) is 2.57. The summed E-state index contributed by atoms with van der Waals surface area (Å²) in [6, 6.07) is 8.40. The summed E-state index contributed by atoms with van der Waals surface area (Å²) in [5, 5.41) is 3.56. The molecule has 1 heterocycles. The molecule has 1 aromatic carbocycles. The summed E-state index contributed by atoms with van der Waals surface area (Å²) in [6.07, 6.45) is 7.58. The highest BCUT2D eigenvalue weighted by Gasteiger charge is 2.59. The average molecular weight is 343 g/mol. The van der Waals surface area contributed by atoms with E-state index in [9.17, 15) is 4.79 Å². The van der Waals surface area contributed by atoms with E-state index >= 15 is 0 Å². The van der Waals surface area contributed by atoms with E-state index in [-0.39, 0.29) is 5.91 Å². The van der Waals surface area contributed by atoms with Gasteiger partial charge in [-0.1, -0.05) is 12.5 Å². The van der Waals surface area contributed by atoms with Crippen LogP contribution in [0.4, 0.5) is 5.69 Å². The zero-order valence-electron chi connectivity index (χ0n) is 15.1. The van der Waals surface area contributed by atoms with Gasteiger partial charge in [-0.05, 0) is 56.1 Å². The molecule has 5 heteroatoms. The maximum atomic E-state index is 12.8. The Bertz CT molecular complexity index is 640. The van der Waals surface area contributed by atoms with Crippen molar-refractivity contribution in [2.75, 3.05) is 25.5 Å². The third-order valence-electron chi connectivity index (χ3n) is 6.44. The summed E-state index contributed by atoms with van der Waals surface area (Å²) in [4.78, 5) is 14.8. The highest BCUT2D eigenvalue weighted by atomic mass is 16.5. The van der Waals surface area contributed by atoms with Crippen LogP contribution in [0.25, 0.3) is 0 Å². The number of hydrogen-bond acceptors (Lipinski definition) is 4. The van der Waals surface area contributed by atoms with E-state index < -0.39 is 5.54 Å². The summed E-state index contributed by atoms with van der Waals surface area (Å²) in [7, 11) is 1.68. The lowest BCUT2D eigenvalue weighted by atomic mass is 9.48. The minimum atomic E-state index is -0.576. The first-order valence-corrected chi connectivity index (χ1v) is 9.51. The smallest absolute Gasteiger partial charge is 0.242 e. The van der Waals surface area contributed by atoms with E-state index in [4.69, 9.17) is 10.5 Å². The summed E-state index contributed by atoms with van der Waals surface area (Å²) >= 11 is 0. The normalized spacial score (nSPS) is 24.3.